The van der Waals surface area contributed by atoms with E-state index in [2.05, 4.69) is 0 Å². The molecule has 20 heavy (non-hydrogen) atoms. The number of hydrogen-bond acceptors (Lipinski definition) is 4. The highest BCUT2D eigenvalue weighted by Gasteiger charge is 2.20. The predicted molar refractivity (Wildman–Crippen MR) is 72.7 cm³/mol. The molecule has 1 fully saturated rings. The number of carbonyl (C=O) groups is 2. The zero-order valence-electron chi connectivity index (χ0n) is 11.4. The molecule has 1 aromatic rings. The quantitative estimate of drug-likeness (QED) is 0.730. The fraction of sp³-hybridized carbons (Fsp3) is 0.429. The molecule has 0 saturated carbocycles. The Morgan fingerprint density at radius 1 is 1.25 bits per heavy atom. The number of ether oxygens (including phenoxy) is 2. The lowest BCUT2D eigenvalue weighted by atomic mass is 10.3. The molecule has 108 valence electrons. The van der Waals surface area contributed by atoms with Gasteiger partial charge in [0, 0.05) is 32.2 Å². The van der Waals surface area contributed by atoms with E-state index in [1.165, 1.54) is 0 Å². The summed E-state index contributed by atoms with van der Waals surface area (Å²) in [7, 11) is 1.58. The summed E-state index contributed by atoms with van der Waals surface area (Å²) in [6, 6.07) is 7.13. The van der Waals surface area contributed by atoms with Crippen LogP contribution >= 0.6 is 0 Å². The normalized spacial score (nSPS) is 14.8. The lowest BCUT2D eigenvalue weighted by Gasteiger charge is -2.32. The van der Waals surface area contributed by atoms with Crippen LogP contribution in [0.4, 0.5) is 0 Å². The SMILES string of the molecule is COc1cccc(OCC(=O)N2CCN(C=O)CC2)c1. The van der Waals surface area contributed by atoms with Crippen molar-refractivity contribution >= 4 is 12.3 Å². The van der Waals surface area contributed by atoms with E-state index in [0.29, 0.717) is 37.7 Å². The molecule has 0 bridgehead atoms. The molecular weight excluding hydrogens is 260 g/mol. The highest BCUT2D eigenvalue weighted by Crippen LogP contribution is 2.18. The van der Waals surface area contributed by atoms with E-state index >= 15 is 0 Å². The molecule has 0 spiro atoms. The van der Waals surface area contributed by atoms with Crippen LogP contribution < -0.4 is 9.47 Å². The molecule has 0 atom stereocenters. The van der Waals surface area contributed by atoms with Crippen molar-refractivity contribution in [3.8, 4) is 11.5 Å². The topological polar surface area (TPSA) is 59.1 Å². The van der Waals surface area contributed by atoms with Crippen LogP contribution in [-0.2, 0) is 9.59 Å². The van der Waals surface area contributed by atoms with Crippen molar-refractivity contribution in [2.24, 2.45) is 0 Å². The largest absolute Gasteiger partial charge is 0.497 e. The van der Waals surface area contributed by atoms with Gasteiger partial charge < -0.3 is 19.3 Å². The Hall–Kier alpha value is -2.24. The van der Waals surface area contributed by atoms with Crippen LogP contribution in [0, 0.1) is 0 Å². The molecule has 0 unspecified atom stereocenters. The Morgan fingerprint density at radius 3 is 2.60 bits per heavy atom. The Balaban J connectivity index is 1.81. The van der Waals surface area contributed by atoms with Crippen molar-refractivity contribution in [2.75, 3.05) is 39.9 Å². The van der Waals surface area contributed by atoms with Gasteiger partial charge in [-0.05, 0) is 12.1 Å². The monoisotopic (exact) mass is 278 g/mol. The molecule has 2 amide bonds. The Labute approximate surface area is 117 Å². The van der Waals surface area contributed by atoms with Gasteiger partial charge in [-0.2, -0.15) is 0 Å². The maximum Gasteiger partial charge on any atom is 0.260 e. The van der Waals surface area contributed by atoms with Crippen LogP contribution in [0.1, 0.15) is 0 Å². The average molecular weight is 278 g/mol. The zero-order chi connectivity index (χ0) is 14.4. The van der Waals surface area contributed by atoms with Crippen LogP contribution in [0.25, 0.3) is 0 Å². The Bertz CT molecular complexity index is 470. The molecule has 1 aliphatic heterocycles. The maximum atomic E-state index is 12.0. The van der Waals surface area contributed by atoms with Gasteiger partial charge in [-0.3, -0.25) is 9.59 Å². The number of methoxy groups -OCH3 is 1. The van der Waals surface area contributed by atoms with Gasteiger partial charge in [-0.1, -0.05) is 6.07 Å². The summed E-state index contributed by atoms with van der Waals surface area (Å²) in [5.74, 6) is 1.22. The molecule has 0 aromatic heterocycles. The second kappa shape index (κ2) is 6.79. The first kappa shape index (κ1) is 14.2. The van der Waals surface area contributed by atoms with Crippen molar-refractivity contribution in [3.63, 3.8) is 0 Å². The third kappa shape index (κ3) is 3.63. The molecule has 1 aromatic carbocycles. The summed E-state index contributed by atoms with van der Waals surface area (Å²) in [4.78, 5) is 25.9. The van der Waals surface area contributed by atoms with E-state index in [1.807, 2.05) is 12.1 Å². The standard InChI is InChI=1S/C14H18N2O4/c1-19-12-3-2-4-13(9-12)20-10-14(18)16-7-5-15(11-17)6-8-16/h2-4,9,11H,5-8,10H2,1H3. The lowest BCUT2D eigenvalue weighted by molar-refractivity contribution is -0.137. The second-order valence-electron chi connectivity index (χ2n) is 4.49. The molecule has 1 aliphatic rings. The van der Waals surface area contributed by atoms with Crippen LogP contribution in [0.2, 0.25) is 0 Å². The van der Waals surface area contributed by atoms with Gasteiger partial charge in [-0.25, -0.2) is 0 Å². The molecule has 0 aliphatic carbocycles. The number of piperazine rings is 1. The van der Waals surface area contributed by atoms with Gasteiger partial charge in [-0.15, -0.1) is 0 Å². The van der Waals surface area contributed by atoms with E-state index in [0.717, 1.165) is 6.41 Å². The fourth-order valence-electron chi connectivity index (χ4n) is 2.00. The summed E-state index contributed by atoms with van der Waals surface area (Å²) in [5, 5.41) is 0. The number of nitrogens with zero attached hydrogens (tertiary/aromatic N) is 2. The highest BCUT2D eigenvalue weighted by atomic mass is 16.5. The summed E-state index contributed by atoms with van der Waals surface area (Å²) in [6.45, 7) is 2.26. The summed E-state index contributed by atoms with van der Waals surface area (Å²) in [6.07, 6.45) is 0.814. The van der Waals surface area contributed by atoms with Crippen molar-refractivity contribution in [3.05, 3.63) is 24.3 Å². The molecule has 0 N–H and O–H groups in total. The molecule has 2 rings (SSSR count). The van der Waals surface area contributed by atoms with Gasteiger partial charge in [0.1, 0.15) is 11.5 Å². The minimum absolute atomic E-state index is 0.00570. The third-order valence-electron chi connectivity index (χ3n) is 3.22. The third-order valence-corrected chi connectivity index (χ3v) is 3.22. The van der Waals surface area contributed by atoms with Crippen molar-refractivity contribution in [1.29, 1.82) is 0 Å². The first-order chi connectivity index (χ1) is 9.72. The predicted octanol–water partition coefficient (Wildman–Crippen LogP) is 0.375. The van der Waals surface area contributed by atoms with E-state index < -0.39 is 0 Å². The number of amides is 2. The smallest absolute Gasteiger partial charge is 0.260 e. The zero-order valence-corrected chi connectivity index (χ0v) is 11.4. The summed E-state index contributed by atoms with van der Waals surface area (Å²) in [5.41, 5.74) is 0. The van der Waals surface area contributed by atoms with E-state index in [1.54, 1.807) is 29.0 Å². The Kier molecular flexibility index (Phi) is 4.81. The van der Waals surface area contributed by atoms with Gasteiger partial charge in [0.25, 0.3) is 5.91 Å². The maximum absolute atomic E-state index is 12.0. The minimum atomic E-state index is -0.0710. The Morgan fingerprint density at radius 2 is 1.95 bits per heavy atom. The van der Waals surface area contributed by atoms with Crippen molar-refractivity contribution in [2.45, 2.75) is 0 Å². The number of benzene rings is 1. The number of rotatable bonds is 5. The van der Waals surface area contributed by atoms with E-state index in [4.69, 9.17) is 9.47 Å². The molecule has 0 radical (unpaired) electrons. The number of hydrogen-bond donors (Lipinski definition) is 0. The van der Waals surface area contributed by atoms with Gasteiger partial charge in [0.15, 0.2) is 6.61 Å². The van der Waals surface area contributed by atoms with Crippen LogP contribution in [0.5, 0.6) is 11.5 Å². The molecule has 1 saturated heterocycles. The van der Waals surface area contributed by atoms with Crippen LogP contribution in [0.15, 0.2) is 24.3 Å². The average Bonchev–Trinajstić information content (AvgIpc) is 2.53. The highest BCUT2D eigenvalue weighted by molar-refractivity contribution is 5.78. The van der Waals surface area contributed by atoms with Gasteiger partial charge >= 0.3 is 0 Å². The summed E-state index contributed by atoms with van der Waals surface area (Å²) >= 11 is 0. The minimum Gasteiger partial charge on any atom is -0.497 e. The van der Waals surface area contributed by atoms with Gasteiger partial charge in [0.05, 0.1) is 7.11 Å². The first-order valence-electron chi connectivity index (χ1n) is 6.47. The molecule has 1 heterocycles. The molecule has 6 heteroatoms. The summed E-state index contributed by atoms with van der Waals surface area (Å²) < 4.78 is 10.6. The fourth-order valence-corrected chi connectivity index (χ4v) is 2.00. The second-order valence-corrected chi connectivity index (χ2v) is 4.49. The van der Waals surface area contributed by atoms with Gasteiger partial charge in [0.2, 0.25) is 6.41 Å². The molecule has 6 nitrogen and oxygen atoms in total. The van der Waals surface area contributed by atoms with E-state index in [-0.39, 0.29) is 12.5 Å². The van der Waals surface area contributed by atoms with Crippen molar-refractivity contribution < 1.29 is 19.1 Å². The van der Waals surface area contributed by atoms with E-state index in [9.17, 15) is 9.59 Å². The number of carbonyl (C=O) groups excluding carboxylic acids is 2. The first-order valence-corrected chi connectivity index (χ1v) is 6.47. The van der Waals surface area contributed by atoms with Crippen LogP contribution in [0.3, 0.4) is 0 Å². The van der Waals surface area contributed by atoms with Crippen molar-refractivity contribution in [1.82, 2.24) is 9.80 Å². The lowest BCUT2D eigenvalue weighted by Crippen LogP contribution is -2.49. The van der Waals surface area contributed by atoms with Crippen LogP contribution in [-0.4, -0.2) is 62.0 Å². The molecular formula is C14H18N2O4.